The average Bonchev–Trinajstić information content (AvgIpc) is 2.54. The molecule has 0 fully saturated rings. The van der Waals surface area contributed by atoms with Crippen molar-refractivity contribution in [1.82, 2.24) is 5.32 Å². The molecule has 2 aromatic carbocycles. The Labute approximate surface area is 142 Å². The Balaban J connectivity index is 1.79. The van der Waals surface area contributed by atoms with E-state index < -0.39 is 6.36 Å². The van der Waals surface area contributed by atoms with Crippen LogP contribution in [0.2, 0.25) is 0 Å². The summed E-state index contributed by atoms with van der Waals surface area (Å²) in [5.41, 5.74) is 6.96. The molecule has 0 radical (unpaired) electrons. The van der Waals surface area contributed by atoms with E-state index in [9.17, 15) is 17.6 Å². The summed E-state index contributed by atoms with van der Waals surface area (Å²) in [5.74, 6) is -0.399. The number of hydrogen-bond acceptors (Lipinski definition) is 2. The Morgan fingerprint density at radius 3 is 2.40 bits per heavy atom. The molecule has 4 nitrogen and oxygen atoms in total. The van der Waals surface area contributed by atoms with Gasteiger partial charge in [0.2, 0.25) is 0 Å². The summed E-state index contributed by atoms with van der Waals surface area (Å²) in [7, 11) is 0. The van der Waals surface area contributed by atoms with Crippen LogP contribution in [-0.2, 0) is 13.0 Å². The number of guanidine groups is 1. The maximum Gasteiger partial charge on any atom is 0.573 e. The van der Waals surface area contributed by atoms with E-state index in [4.69, 9.17) is 5.73 Å². The van der Waals surface area contributed by atoms with Gasteiger partial charge < -0.3 is 15.8 Å². The van der Waals surface area contributed by atoms with Crippen LogP contribution in [0.25, 0.3) is 0 Å². The van der Waals surface area contributed by atoms with Crippen LogP contribution in [0.4, 0.5) is 17.6 Å². The van der Waals surface area contributed by atoms with Crippen LogP contribution in [-0.4, -0.2) is 18.9 Å². The zero-order chi connectivity index (χ0) is 18.3. The molecule has 0 aliphatic carbocycles. The van der Waals surface area contributed by atoms with Gasteiger partial charge in [-0.3, -0.25) is 0 Å². The monoisotopic (exact) mass is 355 g/mol. The third kappa shape index (κ3) is 6.70. The van der Waals surface area contributed by atoms with Gasteiger partial charge in [0.25, 0.3) is 0 Å². The molecule has 0 unspecified atom stereocenters. The van der Waals surface area contributed by atoms with Crippen molar-refractivity contribution in [1.29, 1.82) is 0 Å². The van der Waals surface area contributed by atoms with E-state index in [2.05, 4.69) is 15.0 Å². The molecule has 0 aliphatic rings. The lowest BCUT2D eigenvalue weighted by molar-refractivity contribution is -0.274. The standard InChI is InChI=1S/C17H17F4N3O/c18-15-4-2-1-3-13(15)9-10-23-16(22)24-11-12-5-7-14(8-6-12)25-17(19,20)21/h1-8H,9-11H2,(H3,22,23,24). The van der Waals surface area contributed by atoms with Crippen molar-refractivity contribution < 1.29 is 22.3 Å². The first-order chi connectivity index (χ1) is 11.8. The summed E-state index contributed by atoms with van der Waals surface area (Å²) < 4.78 is 53.4. The number of benzene rings is 2. The molecule has 8 heteroatoms. The van der Waals surface area contributed by atoms with E-state index in [1.165, 1.54) is 30.3 Å². The smallest absolute Gasteiger partial charge is 0.406 e. The minimum atomic E-state index is -4.72. The average molecular weight is 355 g/mol. The molecule has 0 saturated heterocycles. The van der Waals surface area contributed by atoms with Gasteiger partial charge in [-0.2, -0.15) is 0 Å². The third-order valence-corrected chi connectivity index (χ3v) is 3.25. The molecule has 0 saturated carbocycles. The van der Waals surface area contributed by atoms with E-state index >= 15 is 0 Å². The van der Waals surface area contributed by atoms with Gasteiger partial charge in [0.15, 0.2) is 5.96 Å². The minimum Gasteiger partial charge on any atom is -0.406 e. The highest BCUT2D eigenvalue weighted by Gasteiger charge is 2.30. The molecule has 25 heavy (non-hydrogen) atoms. The second kappa shape index (κ2) is 8.36. The van der Waals surface area contributed by atoms with Gasteiger partial charge in [0, 0.05) is 6.54 Å². The zero-order valence-electron chi connectivity index (χ0n) is 13.2. The molecule has 0 atom stereocenters. The summed E-state index contributed by atoms with van der Waals surface area (Å²) in [6.07, 6.45) is -4.27. The van der Waals surface area contributed by atoms with E-state index in [1.54, 1.807) is 18.2 Å². The second-order valence-corrected chi connectivity index (χ2v) is 5.16. The molecule has 2 aromatic rings. The predicted molar refractivity (Wildman–Crippen MR) is 86.6 cm³/mol. The predicted octanol–water partition coefficient (Wildman–Crippen LogP) is 3.37. The number of ether oxygens (including phenoxy) is 1. The molecule has 2 rings (SSSR count). The maximum absolute atomic E-state index is 13.4. The number of nitrogens with zero attached hydrogens (tertiary/aromatic N) is 1. The topological polar surface area (TPSA) is 59.6 Å². The van der Waals surface area contributed by atoms with Crippen molar-refractivity contribution in [3.63, 3.8) is 0 Å². The van der Waals surface area contributed by atoms with Crippen molar-refractivity contribution >= 4 is 5.96 Å². The SMILES string of the molecule is NC(=NCc1ccc(OC(F)(F)F)cc1)NCCc1ccccc1F. The molecule has 0 amide bonds. The quantitative estimate of drug-likeness (QED) is 0.475. The van der Waals surface area contributed by atoms with E-state index in [0.717, 1.165) is 0 Å². The first kappa shape index (κ1) is 18.6. The highest BCUT2D eigenvalue weighted by atomic mass is 19.4. The van der Waals surface area contributed by atoms with E-state index in [0.29, 0.717) is 24.1 Å². The number of halogens is 4. The van der Waals surface area contributed by atoms with Crippen molar-refractivity contribution in [2.24, 2.45) is 10.7 Å². The van der Waals surface area contributed by atoms with Gasteiger partial charge in [-0.1, -0.05) is 30.3 Å². The van der Waals surface area contributed by atoms with E-state index in [1.807, 2.05) is 0 Å². The van der Waals surface area contributed by atoms with Crippen LogP contribution >= 0.6 is 0 Å². The summed E-state index contributed by atoms with van der Waals surface area (Å²) in [6, 6.07) is 11.8. The van der Waals surface area contributed by atoms with Gasteiger partial charge in [0.1, 0.15) is 11.6 Å². The van der Waals surface area contributed by atoms with Crippen molar-refractivity contribution in [2.75, 3.05) is 6.54 Å². The van der Waals surface area contributed by atoms with Gasteiger partial charge in [-0.05, 0) is 35.7 Å². The van der Waals surface area contributed by atoms with Crippen LogP contribution in [0, 0.1) is 5.82 Å². The van der Waals surface area contributed by atoms with E-state index in [-0.39, 0.29) is 24.1 Å². The van der Waals surface area contributed by atoms with Gasteiger partial charge in [0.05, 0.1) is 6.54 Å². The lowest BCUT2D eigenvalue weighted by atomic mass is 10.1. The van der Waals surface area contributed by atoms with Crippen molar-refractivity contribution in [3.8, 4) is 5.75 Å². The lowest BCUT2D eigenvalue weighted by Gasteiger charge is -2.09. The highest BCUT2D eigenvalue weighted by Crippen LogP contribution is 2.22. The fourth-order valence-electron chi connectivity index (χ4n) is 2.06. The summed E-state index contributed by atoms with van der Waals surface area (Å²) in [4.78, 5) is 4.08. The van der Waals surface area contributed by atoms with Crippen LogP contribution in [0.15, 0.2) is 53.5 Å². The van der Waals surface area contributed by atoms with Crippen molar-refractivity contribution in [3.05, 3.63) is 65.5 Å². The first-order valence-corrected chi connectivity index (χ1v) is 7.45. The Morgan fingerprint density at radius 2 is 1.76 bits per heavy atom. The third-order valence-electron chi connectivity index (χ3n) is 3.25. The Bertz CT molecular complexity index is 715. The number of alkyl halides is 3. The second-order valence-electron chi connectivity index (χ2n) is 5.16. The molecular formula is C17H17F4N3O. The summed E-state index contributed by atoms with van der Waals surface area (Å²) in [6.45, 7) is 0.611. The van der Waals surface area contributed by atoms with Crippen molar-refractivity contribution in [2.45, 2.75) is 19.3 Å². The van der Waals surface area contributed by atoms with Crippen LogP contribution in [0.5, 0.6) is 5.75 Å². The number of nitrogens with two attached hydrogens (primary N) is 1. The Morgan fingerprint density at radius 1 is 1.08 bits per heavy atom. The fraction of sp³-hybridized carbons (Fsp3) is 0.235. The summed E-state index contributed by atoms with van der Waals surface area (Å²) in [5, 5.41) is 2.86. The van der Waals surface area contributed by atoms with Gasteiger partial charge in [-0.15, -0.1) is 13.2 Å². The number of nitrogens with one attached hydrogen (secondary N) is 1. The highest BCUT2D eigenvalue weighted by molar-refractivity contribution is 5.77. The van der Waals surface area contributed by atoms with Crippen LogP contribution in [0.3, 0.4) is 0 Å². The number of aliphatic imine (C=N–C) groups is 1. The molecule has 3 N–H and O–H groups in total. The summed E-state index contributed by atoms with van der Waals surface area (Å²) >= 11 is 0. The maximum atomic E-state index is 13.4. The molecule has 0 heterocycles. The molecule has 134 valence electrons. The Hall–Kier alpha value is -2.77. The van der Waals surface area contributed by atoms with Crippen LogP contribution in [0.1, 0.15) is 11.1 Å². The molecule has 0 aliphatic heterocycles. The fourth-order valence-corrected chi connectivity index (χ4v) is 2.06. The Kier molecular flexibility index (Phi) is 6.21. The minimum absolute atomic E-state index is 0.173. The first-order valence-electron chi connectivity index (χ1n) is 7.45. The van der Waals surface area contributed by atoms with Gasteiger partial charge in [-0.25, -0.2) is 9.38 Å². The largest absolute Gasteiger partial charge is 0.573 e. The molecule has 0 bridgehead atoms. The lowest BCUT2D eigenvalue weighted by Crippen LogP contribution is -2.33. The zero-order valence-corrected chi connectivity index (χ0v) is 13.2. The molecular weight excluding hydrogens is 338 g/mol. The molecule has 0 aromatic heterocycles. The van der Waals surface area contributed by atoms with Crippen LogP contribution < -0.4 is 15.8 Å². The molecule has 0 spiro atoms. The number of hydrogen-bond donors (Lipinski definition) is 2. The van der Waals surface area contributed by atoms with Gasteiger partial charge >= 0.3 is 6.36 Å². The number of rotatable bonds is 6. The normalized spacial score (nSPS) is 12.1.